The summed E-state index contributed by atoms with van der Waals surface area (Å²) in [6.45, 7) is -0.446. The summed E-state index contributed by atoms with van der Waals surface area (Å²) in [6, 6.07) is 7.57. The van der Waals surface area contributed by atoms with Crippen molar-refractivity contribution in [1.82, 2.24) is 9.97 Å². The third kappa shape index (κ3) is 3.64. The SMILES string of the molecule is O=C(COc1ccc([N+](=O)[O-])c(F)c1)Nc1ccc2nc[nH]c(=O)c2c1. The first-order valence-electron chi connectivity index (χ1n) is 7.28. The summed E-state index contributed by atoms with van der Waals surface area (Å²) < 4.78 is 18.6. The normalized spacial score (nSPS) is 10.5. The van der Waals surface area contributed by atoms with Crippen LogP contribution in [-0.2, 0) is 4.79 Å². The topological polar surface area (TPSA) is 127 Å². The number of rotatable bonds is 5. The van der Waals surface area contributed by atoms with Gasteiger partial charge < -0.3 is 15.0 Å². The molecular weight excluding hydrogens is 347 g/mol. The number of hydrogen-bond acceptors (Lipinski definition) is 6. The number of benzene rings is 2. The zero-order valence-electron chi connectivity index (χ0n) is 13.1. The average Bonchev–Trinajstić information content (AvgIpc) is 2.60. The molecule has 0 spiro atoms. The van der Waals surface area contributed by atoms with E-state index >= 15 is 0 Å². The summed E-state index contributed by atoms with van der Waals surface area (Å²) in [7, 11) is 0. The van der Waals surface area contributed by atoms with Gasteiger partial charge >= 0.3 is 5.69 Å². The highest BCUT2D eigenvalue weighted by Gasteiger charge is 2.15. The summed E-state index contributed by atoms with van der Waals surface area (Å²) >= 11 is 0. The van der Waals surface area contributed by atoms with Crippen molar-refractivity contribution in [3.63, 3.8) is 0 Å². The summed E-state index contributed by atoms with van der Waals surface area (Å²) in [5.41, 5.74) is -0.190. The predicted molar refractivity (Wildman–Crippen MR) is 89.5 cm³/mol. The summed E-state index contributed by atoms with van der Waals surface area (Å²) in [6.07, 6.45) is 1.28. The number of amides is 1. The summed E-state index contributed by atoms with van der Waals surface area (Å²) in [5.74, 6) is -1.64. The number of ether oxygens (including phenoxy) is 1. The molecule has 9 nitrogen and oxygen atoms in total. The molecule has 2 aromatic carbocycles. The number of aromatic amines is 1. The van der Waals surface area contributed by atoms with Crippen molar-refractivity contribution in [2.24, 2.45) is 0 Å². The number of aromatic nitrogens is 2. The van der Waals surface area contributed by atoms with Gasteiger partial charge in [-0.25, -0.2) is 4.98 Å². The van der Waals surface area contributed by atoms with Gasteiger partial charge in [0.15, 0.2) is 6.61 Å². The number of nitro groups is 1. The Morgan fingerprint density at radius 2 is 2.12 bits per heavy atom. The van der Waals surface area contributed by atoms with Crippen molar-refractivity contribution in [3.05, 3.63) is 69.0 Å². The van der Waals surface area contributed by atoms with Gasteiger partial charge in [0, 0.05) is 17.8 Å². The lowest BCUT2D eigenvalue weighted by Gasteiger charge is -2.08. The second-order valence-electron chi connectivity index (χ2n) is 5.17. The van der Waals surface area contributed by atoms with Crippen molar-refractivity contribution in [2.75, 3.05) is 11.9 Å². The van der Waals surface area contributed by atoms with Crippen LogP contribution in [0.25, 0.3) is 10.9 Å². The maximum atomic E-state index is 13.5. The van der Waals surface area contributed by atoms with Gasteiger partial charge in [-0.05, 0) is 24.3 Å². The number of carbonyl (C=O) groups excluding carboxylic acids is 1. The minimum Gasteiger partial charge on any atom is -0.484 e. The standard InChI is InChI=1S/C16H11FN4O5/c17-12-6-10(2-4-14(12)21(24)25)26-7-15(22)20-9-1-3-13-11(5-9)16(23)19-8-18-13/h1-6,8H,7H2,(H,20,22)(H,18,19,23). The van der Waals surface area contributed by atoms with Gasteiger partial charge in [-0.1, -0.05) is 0 Å². The van der Waals surface area contributed by atoms with Crippen LogP contribution in [-0.4, -0.2) is 27.4 Å². The predicted octanol–water partition coefficient (Wildman–Crippen LogP) is 1.99. The van der Waals surface area contributed by atoms with E-state index in [1.54, 1.807) is 12.1 Å². The molecule has 3 rings (SSSR count). The highest BCUT2D eigenvalue weighted by molar-refractivity contribution is 5.94. The zero-order valence-corrected chi connectivity index (χ0v) is 13.1. The third-order valence-corrected chi connectivity index (χ3v) is 3.41. The van der Waals surface area contributed by atoms with E-state index in [1.807, 2.05) is 0 Å². The van der Waals surface area contributed by atoms with E-state index < -0.39 is 28.9 Å². The molecule has 0 atom stereocenters. The Labute approximate surface area is 144 Å². The fraction of sp³-hybridized carbons (Fsp3) is 0.0625. The summed E-state index contributed by atoms with van der Waals surface area (Å²) in [4.78, 5) is 39.8. The van der Waals surface area contributed by atoms with Crippen LogP contribution < -0.4 is 15.6 Å². The number of nitro benzene ring substituents is 1. The van der Waals surface area contributed by atoms with E-state index in [1.165, 1.54) is 18.5 Å². The van der Waals surface area contributed by atoms with E-state index in [9.17, 15) is 24.1 Å². The highest BCUT2D eigenvalue weighted by atomic mass is 19.1. The van der Waals surface area contributed by atoms with Crippen LogP contribution in [0.2, 0.25) is 0 Å². The Morgan fingerprint density at radius 1 is 1.31 bits per heavy atom. The first kappa shape index (κ1) is 17.0. The number of nitrogens with one attached hydrogen (secondary N) is 2. The molecule has 1 amide bonds. The van der Waals surface area contributed by atoms with Gasteiger partial charge in [0.25, 0.3) is 11.5 Å². The molecule has 0 aliphatic carbocycles. The Bertz CT molecular complexity index is 1070. The van der Waals surface area contributed by atoms with E-state index in [0.717, 1.165) is 12.1 Å². The van der Waals surface area contributed by atoms with Gasteiger partial charge in [0.1, 0.15) is 5.75 Å². The average molecular weight is 358 g/mol. The van der Waals surface area contributed by atoms with Crippen LogP contribution in [0, 0.1) is 15.9 Å². The lowest BCUT2D eigenvalue weighted by atomic mass is 10.2. The largest absolute Gasteiger partial charge is 0.484 e. The molecule has 0 aliphatic heterocycles. The maximum absolute atomic E-state index is 13.5. The smallest absolute Gasteiger partial charge is 0.305 e. The van der Waals surface area contributed by atoms with Crippen LogP contribution >= 0.6 is 0 Å². The Kier molecular flexibility index (Phi) is 4.56. The van der Waals surface area contributed by atoms with Crippen LogP contribution in [0.1, 0.15) is 0 Å². The van der Waals surface area contributed by atoms with Gasteiger partial charge in [-0.2, -0.15) is 4.39 Å². The van der Waals surface area contributed by atoms with E-state index in [4.69, 9.17) is 4.74 Å². The third-order valence-electron chi connectivity index (χ3n) is 3.41. The molecule has 26 heavy (non-hydrogen) atoms. The number of hydrogen-bond donors (Lipinski definition) is 2. The van der Waals surface area contributed by atoms with E-state index in [2.05, 4.69) is 15.3 Å². The number of H-pyrrole nitrogens is 1. The zero-order chi connectivity index (χ0) is 18.7. The number of halogens is 1. The number of anilines is 1. The van der Waals surface area contributed by atoms with Crippen molar-refractivity contribution in [1.29, 1.82) is 0 Å². The quantitative estimate of drug-likeness (QED) is 0.530. The highest BCUT2D eigenvalue weighted by Crippen LogP contribution is 2.22. The van der Waals surface area contributed by atoms with Gasteiger partial charge in [-0.15, -0.1) is 0 Å². The molecule has 1 heterocycles. The first-order chi connectivity index (χ1) is 12.4. The second-order valence-corrected chi connectivity index (χ2v) is 5.17. The molecule has 1 aromatic heterocycles. The molecule has 0 fully saturated rings. The molecule has 0 aliphatic rings. The number of nitrogens with zero attached hydrogens (tertiary/aromatic N) is 2. The lowest BCUT2D eigenvalue weighted by Crippen LogP contribution is -2.20. The lowest BCUT2D eigenvalue weighted by molar-refractivity contribution is -0.387. The number of fused-ring (bicyclic) bond motifs is 1. The molecule has 10 heteroatoms. The number of carbonyl (C=O) groups is 1. The molecular formula is C16H11FN4O5. The molecule has 0 unspecified atom stereocenters. The Morgan fingerprint density at radius 3 is 2.85 bits per heavy atom. The van der Waals surface area contributed by atoms with Crippen molar-refractivity contribution in [3.8, 4) is 5.75 Å². The summed E-state index contributed by atoms with van der Waals surface area (Å²) in [5, 5.41) is 13.4. The van der Waals surface area contributed by atoms with Crippen molar-refractivity contribution < 1.29 is 18.8 Å². The van der Waals surface area contributed by atoms with Crippen molar-refractivity contribution in [2.45, 2.75) is 0 Å². The fourth-order valence-corrected chi connectivity index (χ4v) is 2.22. The van der Waals surface area contributed by atoms with E-state index in [-0.39, 0.29) is 11.3 Å². The molecule has 0 saturated heterocycles. The van der Waals surface area contributed by atoms with Crippen LogP contribution in [0.3, 0.4) is 0 Å². The molecule has 0 saturated carbocycles. The Balaban J connectivity index is 1.66. The minimum absolute atomic E-state index is 0.0256. The van der Waals surface area contributed by atoms with Crippen molar-refractivity contribution >= 4 is 28.2 Å². The molecule has 3 aromatic rings. The first-order valence-corrected chi connectivity index (χ1v) is 7.28. The fourth-order valence-electron chi connectivity index (χ4n) is 2.22. The second kappa shape index (κ2) is 6.97. The van der Waals surface area contributed by atoms with E-state index in [0.29, 0.717) is 16.6 Å². The van der Waals surface area contributed by atoms with Gasteiger partial charge in [0.2, 0.25) is 5.82 Å². The maximum Gasteiger partial charge on any atom is 0.305 e. The van der Waals surface area contributed by atoms with Gasteiger partial charge in [-0.3, -0.25) is 19.7 Å². The Hall–Kier alpha value is -3.82. The van der Waals surface area contributed by atoms with Crippen LogP contribution in [0.4, 0.5) is 15.8 Å². The monoisotopic (exact) mass is 358 g/mol. The molecule has 2 N–H and O–H groups in total. The van der Waals surface area contributed by atoms with Crippen LogP contribution in [0.15, 0.2) is 47.5 Å². The molecule has 132 valence electrons. The molecule has 0 bridgehead atoms. The van der Waals surface area contributed by atoms with Crippen LogP contribution in [0.5, 0.6) is 5.75 Å². The van der Waals surface area contributed by atoms with Gasteiger partial charge in [0.05, 0.1) is 22.2 Å². The molecule has 0 radical (unpaired) electrons. The minimum atomic E-state index is -1.06.